The number of hydrogen-bond donors (Lipinski definition) is 3. The summed E-state index contributed by atoms with van der Waals surface area (Å²) in [6.45, 7) is 0. The zero-order chi connectivity index (χ0) is 22.5. The molecule has 0 saturated heterocycles. The number of aliphatic hydroxyl groups excluding tert-OH is 1. The largest absolute Gasteiger partial charge is 0.478 e. The molecule has 4 rings (SSSR count). The van der Waals surface area contributed by atoms with E-state index in [4.69, 9.17) is 25.3 Å². The number of nitrogens with zero attached hydrogens (tertiary/aromatic N) is 3. The van der Waals surface area contributed by atoms with Crippen LogP contribution < -0.4 is 0 Å². The van der Waals surface area contributed by atoms with E-state index < -0.39 is 12.3 Å². The van der Waals surface area contributed by atoms with E-state index in [1.54, 1.807) is 18.3 Å². The van der Waals surface area contributed by atoms with Crippen LogP contribution >= 0.6 is 0 Å². The van der Waals surface area contributed by atoms with Crippen molar-refractivity contribution in [3.63, 3.8) is 0 Å². The van der Waals surface area contributed by atoms with Gasteiger partial charge in [0.25, 0.3) is 0 Å². The van der Waals surface area contributed by atoms with Crippen LogP contribution in [-0.4, -0.2) is 42.5 Å². The van der Waals surface area contributed by atoms with Gasteiger partial charge >= 0.3 is 5.97 Å². The second-order valence-corrected chi connectivity index (χ2v) is 6.96. The number of aliphatic hydroxyl groups is 2. The topological polar surface area (TPSA) is 116 Å². The normalized spacial score (nSPS) is 11.7. The van der Waals surface area contributed by atoms with Crippen molar-refractivity contribution in [1.82, 2.24) is 15.0 Å². The van der Waals surface area contributed by atoms with Gasteiger partial charge in [-0.05, 0) is 35.4 Å². The molecule has 0 aliphatic carbocycles. The summed E-state index contributed by atoms with van der Waals surface area (Å²) in [6, 6.07) is 18.5. The Morgan fingerprint density at radius 1 is 0.812 bits per heavy atom. The molecule has 158 valence electrons. The number of hydrogen-bond acceptors (Lipinski definition) is 6. The summed E-state index contributed by atoms with van der Waals surface area (Å²) in [5, 5.41) is 26.8. The van der Waals surface area contributed by atoms with Crippen LogP contribution in [0.5, 0.6) is 0 Å². The quantitative estimate of drug-likeness (QED) is 0.318. The fourth-order valence-electron chi connectivity index (χ4n) is 3.17. The zero-order valence-electron chi connectivity index (χ0n) is 16.8. The van der Waals surface area contributed by atoms with Crippen molar-refractivity contribution in [3.8, 4) is 22.5 Å². The molecule has 2 heterocycles. The third kappa shape index (κ3) is 4.92. The van der Waals surface area contributed by atoms with Crippen molar-refractivity contribution in [3.05, 3.63) is 90.1 Å². The van der Waals surface area contributed by atoms with Crippen molar-refractivity contribution in [2.45, 2.75) is 6.29 Å². The van der Waals surface area contributed by atoms with Gasteiger partial charge in [0.2, 0.25) is 0 Å². The first-order chi connectivity index (χ1) is 15.5. The van der Waals surface area contributed by atoms with Crippen LogP contribution in [0.2, 0.25) is 0 Å². The Morgan fingerprint density at radius 3 is 2.00 bits per heavy atom. The molecule has 32 heavy (non-hydrogen) atoms. The Kier molecular flexibility index (Phi) is 6.12. The van der Waals surface area contributed by atoms with E-state index in [0.29, 0.717) is 22.6 Å². The van der Waals surface area contributed by atoms with Crippen molar-refractivity contribution in [2.24, 2.45) is 0 Å². The van der Waals surface area contributed by atoms with Gasteiger partial charge in [-0.2, -0.15) is 0 Å². The maximum atomic E-state index is 10.7. The first-order valence-electron chi connectivity index (χ1n) is 9.78. The second kappa shape index (κ2) is 9.30. The number of aromatic nitrogens is 3. The van der Waals surface area contributed by atoms with Gasteiger partial charge in [0.15, 0.2) is 11.9 Å². The third-order valence-electron chi connectivity index (χ3n) is 4.69. The van der Waals surface area contributed by atoms with E-state index in [0.717, 1.165) is 28.3 Å². The van der Waals surface area contributed by atoms with Gasteiger partial charge in [0.05, 0.1) is 11.4 Å². The van der Waals surface area contributed by atoms with Gasteiger partial charge in [-0.1, -0.05) is 54.6 Å². The molecule has 7 nitrogen and oxygen atoms in total. The SMILES string of the molecule is O=C(O)C=Cc1ccc(-c2nc3cccnc3nc2-c2ccc(C=CC(O)O)cc2)cc1. The molecule has 0 amide bonds. The highest BCUT2D eigenvalue weighted by atomic mass is 16.5. The molecule has 0 atom stereocenters. The first-order valence-corrected chi connectivity index (χ1v) is 9.78. The summed E-state index contributed by atoms with van der Waals surface area (Å²) in [7, 11) is 0. The van der Waals surface area contributed by atoms with E-state index in [2.05, 4.69) is 4.98 Å². The van der Waals surface area contributed by atoms with Gasteiger partial charge < -0.3 is 15.3 Å². The standard InChI is InChI=1S/C25H19N3O4/c29-21(30)13-7-16-3-9-18(10-4-16)23-24(28-25-20(27-23)2-1-15-26-25)19-11-5-17(6-12-19)8-14-22(31)32/h1-15,22,31-32H,(H,29,30). The lowest BCUT2D eigenvalue weighted by molar-refractivity contribution is -0.131. The number of carboxylic acid groups (broad SMARTS) is 1. The smallest absolute Gasteiger partial charge is 0.328 e. The lowest BCUT2D eigenvalue weighted by Gasteiger charge is -2.11. The average Bonchev–Trinajstić information content (AvgIpc) is 2.81. The van der Waals surface area contributed by atoms with Gasteiger partial charge in [0.1, 0.15) is 5.52 Å². The van der Waals surface area contributed by atoms with Crippen LogP contribution in [0.15, 0.2) is 79.0 Å². The van der Waals surface area contributed by atoms with E-state index >= 15 is 0 Å². The number of aliphatic carboxylic acids is 1. The van der Waals surface area contributed by atoms with E-state index in [9.17, 15) is 4.79 Å². The number of carboxylic acids is 1. The third-order valence-corrected chi connectivity index (χ3v) is 4.69. The Balaban J connectivity index is 1.78. The van der Waals surface area contributed by atoms with Gasteiger partial charge in [-0.3, -0.25) is 0 Å². The van der Waals surface area contributed by atoms with Gasteiger partial charge in [-0.25, -0.2) is 19.7 Å². The maximum absolute atomic E-state index is 10.7. The molecule has 0 aliphatic heterocycles. The number of rotatable bonds is 6. The lowest BCUT2D eigenvalue weighted by atomic mass is 10.0. The minimum atomic E-state index is -1.51. The molecule has 0 fully saturated rings. The average molecular weight is 425 g/mol. The summed E-state index contributed by atoms with van der Waals surface area (Å²) in [6.07, 6.45) is 5.67. The molecule has 4 aromatic rings. The molecule has 0 radical (unpaired) electrons. The van der Waals surface area contributed by atoms with E-state index in [1.165, 1.54) is 12.2 Å². The van der Waals surface area contributed by atoms with Crippen LogP contribution in [0.1, 0.15) is 11.1 Å². The molecule has 2 aromatic heterocycles. The zero-order valence-corrected chi connectivity index (χ0v) is 16.8. The highest BCUT2D eigenvalue weighted by Crippen LogP contribution is 2.31. The van der Waals surface area contributed by atoms with Crippen LogP contribution in [0.25, 0.3) is 45.8 Å². The molecular weight excluding hydrogens is 406 g/mol. The van der Waals surface area contributed by atoms with Crippen LogP contribution in [0, 0.1) is 0 Å². The van der Waals surface area contributed by atoms with Crippen LogP contribution in [0.4, 0.5) is 0 Å². The Bertz CT molecular complexity index is 1310. The predicted molar refractivity (Wildman–Crippen MR) is 122 cm³/mol. The minimum absolute atomic E-state index is 0.527. The van der Waals surface area contributed by atoms with E-state index in [-0.39, 0.29) is 0 Å². The Morgan fingerprint density at radius 2 is 1.41 bits per heavy atom. The monoisotopic (exact) mass is 425 g/mol. The van der Waals surface area contributed by atoms with Crippen LogP contribution in [0.3, 0.4) is 0 Å². The summed E-state index contributed by atoms with van der Waals surface area (Å²) in [5.74, 6) is -1.00. The molecule has 0 spiro atoms. The molecule has 0 saturated carbocycles. The maximum Gasteiger partial charge on any atom is 0.328 e. The highest BCUT2D eigenvalue weighted by Gasteiger charge is 2.14. The molecule has 3 N–H and O–H groups in total. The Labute approximate surface area is 183 Å². The summed E-state index contributed by atoms with van der Waals surface area (Å²) in [4.78, 5) is 24.6. The lowest BCUT2D eigenvalue weighted by Crippen LogP contribution is -1.97. The van der Waals surface area contributed by atoms with Crippen molar-refractivity contribution in [2.75, 3.05) is 0 Å². The van der Waals surface area contributed by atoms with Crippen molar-refractivity contribution in [1.29, 1.82) is 0 Å². The number of carbonyl (C=O) groups is 1. The van der Waals surface area contributed by atoms with E-state index in [1.807, 2.05) is 54.6 Å². The molecular formula is C25H19N3O4. The van der Waals surface area contributed by atoms with Crippen LogP contribution in [-0.2, 0) is 4.79 Å². The fourth-order valence-corrected chi connectivity index (χ4v) is 3.17. The molecule has 7 heteroatoms. The van der Waals surface area contributed by atoms with Crippen molar-refractivity contribution < 1.29 is 20.1 Å². The summed E-state index contributed by atoms with van der Waals surface area (Å²) in [5.41, 5.74) is 5.75. The van der Waals surface area contributed by atoms with Gasteiger partial charge in [0, 0.05) is 23.4 Å². The molecule has 2 aromatic carbocycles. The molecule has 0 unspecified atom stereocenters. The number of pyridine rings is 1. The molecule has 0 bridgehead atoms. The number of fused-ring (bicyclic) bond motifs is 1. The predicted octanol–water partition coefficient (Wildman–Crippen LogP) is 3.78. The molecule has 0 aliphatic rings. The summed E-state index contributed by atoms with van der Waals surface area (Å²) >= 11 is 0. The highest BCUT2D eigenvalue weighted by molar-refractivity contribution is 5.87. The van der Waals surface area contributed by atoms with Gasteiger partial charge in [-0.15, -0.1) is 0 Å². The second-order valence-electron chi connectivity index (χ2n) is 6.96. The van der Waals surface area contributed by atoms with Crippen molar-refractivity contribution >= 4 is 29.3 Å². The first kappa shape index (κ1) is 21.0. The number of benzene rings is 2. The summed E-state index contributed by atoms with van der Waals surface area (Å²) < 4.78 is 0. The fraction of sp³-hybridized carbons (Fsp3) is 0.0400. The Hall–Kier alpha value is -4.20. The minimum Gasteiger partial charge on any atom is -0.478 e.